The van der Waals surface area contributed by atoms with Crippen LogP contribution in [0.3, 0.4) is 0 Å². The van der Waals surface area contributed by atoms with Crippen LogP contribution in [0.1, 0.15) is 42.0 Å². The molecule has 0 N–H and O–H groups in total. The van der Waals surface area contributed by atoms with Crippen LogP contribution in [0.25, 0.3) is 0 Å². The Labute approximate surface area is 145 Å². The van der Waals surface area contributed by atoms with Crippen LogP contribution < -0.4 is 0 Å². The van der Waals surface area contributed by atoms with Crippen LogP contribution >= 0.6 is 0 Å². The predicted octanol–water partition coefficient (Wildman–Crippen LogP) is 5.75. The summed E-state index contributed by atoms with van der Waals surface area (Å²) in [5, 5.41) is 0. The van der Waals surface area contributed by atoms with Gasteiger partial charge in [-0.3, -0.25) is 0 Å². The third kappa shape index (κ3) is 5.58. The van der Waals surface area contributed by atoms with Crippen molar-refractivity contribution in [2.75, 3.05) is 0 Å². The summed E-state index contributed by atoms with van der Waals surface area (Å²) in [6.07, 6.45) is 5.52. The number of fused-ring (bicyclic) bond motifs is 1. The molecular formula is C18H34SiTi. The van der Waals surface area contributed by atoms with Crippen LogP contribution in [-0.2, 0) is 40.6 Å². The second-order valence-corrected chi connectivity index (χ2v) is 11.6. The first-order valence-electron chi connectivity index (χ1n) is 6.80. The Morgan fingerprint density at radius 1 is 1.10 bits per heavy atom. The minimum absolute atomic E-state index is 0. The van der Waals surface area contributed by atoms with E-state index in [1.165, 1.54) is 37.8 Å². The van der Waals surface area contributed by atoms with Gasteiger partial charge < -0.3 is 22.3 Å². The third-order valence-electron chi connectivity index (χ3n) is 4.35. The standard InChI is InChI=1S/C15H25Si.3CH3.Ti/c1-5-16(3,4)11-13-10-12(2)14-8-6-7-9-15(13)14;;;;/h10H,5-9,11H2,1-4H3;3*1H3;/q4*-1;+4. The molecule has 0 saturated carbocycles. The second-order valence-electron chi connectivity index (χ2n) is 6.21. The Balaban J connectivity index is -0.000000722. The predicted molar refractivity (Wildman–Crippen MR) is 94.3 cm³/mol. The van der Waals surface area contributed by atoms with E-state index in [9.17, 15) is 0 Å². The average molecular weight is 326 g/mol. The maximum atomic E-state index is 2.53. The van der Waals surface area contributed by atoms with Crippen molar-refractivity contribution >= 4 is 8.07 Å². The van der Waals surface area contributed by atoms with Crippen molar-refractivity contribution in [1.29, 1.82) is 0 Å². The van der Waals surface area contributed by atoms with E-state index >= 15 is 0 Å². The van der Waals surface area contributed by atoms with E-state index in [2.05, 4.69) is 33.0 Å². The molecule has 0 nitrogen and oxygen atoms in total. The molecular weight excluding hydrogens is 292 g/mol. The van der Waals surface area contributed by atoms with E-state index in [-0.39, 0.29) is 44.0 Å². The molecule has 0 aliphatic heterocycles. The molecule has 0 heterocycles. The minimum Gasteiger partial charge on any atom is -0.358 e. The molecule has 0 aromatic heterocycles. The van der Waals surface area contributed by atoms with Gasteiger partial charge in [0.1, 0.15) is 0 Å². The summed E-state index contributed by atoms with van der Waals surface area (Å²) >= 11 is 0. The molecule has 0 unspecified atom stereocenters. The van der Waals surface area contributed by atoms with E-state index in [1.807, 2.05) is 0 Å². The fourth-order valence-electron chi connectivity index (χ4n) is 2.93. The molecule has 1 aromatic carbocycles. The molecule has 114 valence electrons. The second kappa shape index (κ2) is 10.1. The molecule has 0 atom stereocenters. The van der Waals surface area contributed by atoms with Crippen molar-refractivity contribution in [2.24, 2.45) is 0 Å². The van der Waals surface area contributed by atoms with E-state index in [1.54, 1.807) is 22.3 Å². The Morgan fingerprint density at radius 3 is 2.20 bits per heavy atom. The molecule has 0 radical (unpaired) electrons. The molecule has 2 heteroatoms. The minimum atomic E-state index is -0.964. The van der Waals surface area contributed by atoms with Gasteiger partial charge in [-0.1, -0.05) is 64.7 Å². The Bertz CT molecular complexity index is 377. The van der Waals surface area contributed by atoms with Gasteiger partial charge in [0.15, 0.2) is 0 Å². The van der Waals surface area contributed by atoms with E-state index in [4.69, 9.17) is 0 Å². The smallest absolute Gasteiger partial charge is 0.358 e. The van der Waals surface area contributed by atoms with Gasteiger partial charge in [-0.2, -0.15) is 28.3 Å². The molecule has 1 aliphatic rings. The summed E-state index contributed by atoms with van der Waals surface area (Å²) < 4.78 is 0. The summed E-state index contributed by atoms with van der Waals surface area (Å²) in [6, 6.07) is 5.31. The van der Waals surface area contributed by atoms with Gasteiger partial charge >= 0.3 is 21.7 Å². The summed E-state index contributed by atoms with van der Waals surface area (Å²) in [7, 11) is -0.964. The summed E-state index contributed by atoms with van der Waals surface area (Å²) in [5.74, 6) is 0. The Morgan fingerprint density at radius 2 is 1.65 bits per heavy atom. The topological polar surface area (TPSA) is 0 Å². The first-order valence-corrected chi connectivity index (χ1v) is 10.2. The van der Waals surface area contributed by atoms with Crippen molar-refractivity contribution < 1.29 is 21.7 Å². The average Bonchev–Trinajstić information content (AvgIpc) is 2.56. The third-order valence-corrected chi connectivity index (χ3v) is 7.60. The molecule has 0 spiro atoms. The van der Waals surface area contributed by atoms with Gasteiger partial charge in [-0.25, -0.2) is 0 Å². The molecule has 0 saturated heterocycles. The summed E-state index contributed by atoms with van der Waals surface area (Å²) in [5.41, 5.74) is 6.75. The fourth-order valence-corrected chi connectivity index (χ4v) is 4.53. The van der Waals surface area contributed by atoms with Crippen LogP contribution in [0, 0.1) is 29.2 Å². The van der Waals surface area contributed by atoms with Crippen molar-refractivity contribution in [1.82, 2.24) is 0 Å². The van der Waals surface area contributed by atoms with Crippen LogP contribution in [0.15, 0.2) is 6.07 Å². The van der Waals surface area contributed by atoms with Crippen molar-refractivity contribution in [2.45, 2.75) is 64.7 Å². The zero-order valence-corrected chi connectivity index (χ0v) is 17.4. The zero-order valence-electron chi connectivity index (χ0n) is 14.8. The van der Waals surface area contributed by atoms with Gasteiger partial charge in [0.05, 0.1) is 0 Å². The Kier molecular flexibility index (Phi) is 12.7. The number of hydrogen-bond acceptors (Lipinski definition) is 0. The first-order chi connectivity index (χ1) is 7.53. The monoisotopic (exact) mass is 326 g/mol. The summed E-state index contributed by atoms with van der Waals surface area (Å²) in [6.45, 7) is 9.75. The first kappa shape index (κ1) is 25.2. The SMILES string of the molecule is CC[Si](C)(C)C[c-]1cc(C)c2c1CCCC2.[CH3-].[CH3-].[CH3-].[Ti+4]. The van der Waals surface area contributed by atoms with Gasteiger partial charge in [-0.15, -0.1) is 0 Å². The molecule has 0 amide bonds. The number of hydrogen-bond donors (Lipinski definition) is 0. The molecule has 0 bridgehead atoms. The van der Waals surface area contributed by atoms with Gasteiger partial charge in [-0.05, 0) is 0 Å². The molecule has 2 rings (SSSR count). The van der Waals surface area contributed by atoms with E-state index < -0.39 is 8.07 Å². The van der Waals surface area contributed by atoms with Crippen LogP contribution in [0.4, 0.5) is 0 Å². The quantitative estimate of drug-likeness (QED) is 0.490. The van der Waals surface area contributed by atoms with Crippen LogP contribution in [0.2, 0.25) is 19.1 Å². The van der Waals surface area contributed by atoms with Crippen LogP contribution in [-0.4, -0.2) is 8.07 Å². The number of rotatable bonds is 3. The van der Waals surface area contributed by atoms with Gasteiger partial charge in [0, 0.05) is 8.07 Å². The Hall–Kier alpha value is 0.281. The van der Waals surface area contributed by atoms with Crippen molar-refractivity contribution in [3.63, 3.8) is 0 Å². The molecule has 0 fully saturated rings. The summed E-state index contributed by atoms with van der Waals surface area (Å²) in [4.78, 5) is 0. The maximum Gasteiger partial charge on any atom is 4.00 e. The normalized spacial score (nSPS) is 13.0. The van der Waals surface area contributed by atoms with Gasteiger partial charge in [0.25, 0.3) is 0 Å². The number of aryl methyl sites for hydroxylation is 1. The van der Waals surface area contributed by atoms with E-state index in [0.717, 1.165) is 0 Å². The van der Waals surface area contributed by atoms with Crippen LogP contribution in [0.5, 0.6) is 0 Å². The maximum absolute atomic E-state index is 2.53. The molecule has 20 heavy (non-hydrogen) atoms. The van der Waals surface area contributed by atoms with Gasteiger partial charge in [0.2, 0.25) is 0 Å². The zero-order chi connectivity index (χ0) is 11.8. The van der Waals surface area contributed by atoms with Crippen molar-refractivity contribution in [3.8, 4) is 0 Å². The molecule has 1 aromatic rings. The largest absolute Gasteiger partial charge is 4.00 e. The molecule has 1 aliphatic carbocycles. The van der Waals surface area contributed by atoms with E-state index in [0.29, 0.717) is 0 Å². The fraction of sp³-hybridized carbons (Fsp3) is 0.556. The van der Waals surface area contributed by atoms with Crippen molar-refractivity contribution in [3.05, 3.63) is 50.6 Å².